The number of aryl methyl sites for hydroxylation is 1. The molecule has 1 aromatic heterocycles. The molecule has 3 heteroatoms. The van der Waals surface area contributed by atoms with E-state index in [-0.39, 0.29) is 5.92 Å². The zero-order valence-electron chi connectivity index (χ0n) is 14.5. The van der Waals surface area contributed by atoms with Gasteiger partial charge < -0.3 is 0 Å². The molecule has 0 aliphatic carbocycles. The number of hydrogen-bond donors (Lipinski definition) is 0. The lowest BCUT2D eigenvalue weighted by molar-refractivity contribution is 0.902. The van der Waals surface area contributed by atoms with Crippen molar-refractivity contribution in [2.75, 3.05) is 0 Å². The fraction of sp³-hybridized carbons (Fsp3) is 0.0870. The molecule has 0 unspecified atom stereocenters. The van der Waals surface area contributed by atoms with Crippen molar-refractivity contribution in [1.82, 2.24) is 4.98 Å². The van der Waals surface area contributed by atoms with Crippen LogP contribution in [0.1, 0.15) is 27.7 Å². The number of rotatable bonds is 5. The highest BCUT2D eigenvalue weighted by Crippen LogP contribution is 2.42. The Labute approximate surface area is 162 Å². The summed E-state index contributed by atoms with van der Waals surface area (Å²) in [5.41, 5.74) is 3.71. The molecule has 1 heterocycles. The summed E-state index contributed by atoms with van der Waals surface area (Å²) in [7, 11) is 0. The van der Waals surface area contributed by atoms with Gasteiger partial charge in [0.05, 0.1) is 20.8 Å². The summed E-state index contributed by atoms with van der Waals surface area (Å²) in [5.74, 6) is 0.147. The molecule has 4 aromatic rings. The minimum atomic E-state index is 0.147. The predicted octanol–water partition coefficient (Wildman–Crippen LogP) is 6.78. The molecule has 0 spiro atoms. The van der Waals surface area contributed by atoms with Crippen LogP contribution in [0, 0.1) is 6.92 Å². The van der Waals surface area contributed by atoms with Gasteiger partial charge in [-0.25, -0.2) is 4.98 Å². The van der Waals surface area contributed by atoms with Crippen molar-refractivity contribution in [3.8, 4) is 0 Å². The molecule has 128 valence electrons. The minimum absolute atomic E-state index is 0.147. The molecule has 1 nitrogen and oxygen atoms in total. The number of nitrogens with zero attached hydrogens (tertiary/aromatic N) is 1. The maximum absolute atomic E-state index is 4.96. The van der Waals surface area contributed by atoms with Crippen molar-refractivity contribution in [2.24, 2.45) is 0 Å². The third-order valence-corrected chi connectivity index (χ3v) is 6.40. The van der Waals surface area contributed by atoms with E-state index in [1.165, 1.54) is 20.2 Å². The molecule has 0 aliphatic rings. The lowest BCUT2D eigenvalue weighted by Gasteiger charge is -2.18. The van der Waals surface area contributed by atoms with Crippen LogP contribution in [0.5, 0.6) is 0 Å². The van der Waals surface area contributed by atoms with E-state index < -0.39 is 0 Å². The van der Waals surface area contributed by atoms with Crippen LogP contribution in [0.4, 0.5) is 0 Å². The first kappa shape index (κ1) is 17.1. The van der Waals surface area contributed by atoms with Crippen LogP contribution in [0.3, 0.4) is 0 Å². The number of aromatic nitrogens is 1. The molecule has 0 saturated carbocycles. The fourth-order valence-electron chi connectivity index (χ4n) is 3.07. The highest BCUT2D eigenvalue weighted by Gasteiger charge is 2.23. The van der Waals surface area contributed by atoms with Crippen molar-refractivity contribution in [1.29, 1.82) is 0 Å². The largest absolute Gasteiger partial charge is 0.244 e. The maximum Gasteiger partial charge on any atom is 0.0909 e. The standard InChI is InChI=1S/C23H19NS2/c1-17-24-22(23(25-17)26-20-15-9-4-10-16-20)21(18-11-5-2-6-12-18)19-13-7-3-8-14-19/h2-16,21H,1H3. The Hall–Kier alpha value is -2.36. The average Bonchev–Trinajstić information content (AvgIpc) is 3.04. The highest BCUT2D eigenvalue weighted by atomic mass is 32.2. The van der Waals surface area contributed by atoms with E-state index in [0.29, 0.717) is 0 Å². The number of hydrogen-bond acceptors (Lipinski definition) is 3. The minimum Gasteiger partial charge on any atom is -0.244 e. The fourth-order valence-corrected chi connectivity index (χ4v) is 5.35. The SMILES string of the molecule is Cc1nc(C(c2ccccc2)c2ccccc2)c(Sc2ccccc2)s1. The van der Waals surface area contributed by atoms with Crippen molar-refractivity contribution in [3.63, 3.8) is 0 Å². The third-order valence-electron chi connectivity index (χ3n) is 4.22. The summed E-state index contributed by atoms with van der Waals surface area (Å²) >= 11 is 3.59. The van der Waals surface area contributed by atoms with Crippen LogP contribution < -0.4 is 0 Å². The van der Waals surface area contributed by atoms with E-state index >= 15 is 0 Å². The molecule has 0 atom stereocenters. The summed E-state index contributed by atoms with van der Waals surface area (Å²) in [6.07, 6.45) is 0. The van der Waals surface area contributed by atoms with Gasteiger partial charge in [-0.1, -0.05) is 90.6 Å². The Morgan fingerprint density at radius 2 is 1.23 bits per heavy atom. The predicted molar refractivity (Wildman–Crippen MR) is 111 cm³/mol. The lowest BCUT2D eigenvalue weighted by atomic mass is 9.89. The average molecular weight is 374 g/mol. The second kappa shape index (κ2) is 7.90. The quantitative estimate of drug-likeness (QED) is 0.382. The molecule has 4 rings (SSSR count). The second-order valence-corrected chi connectivity index (χ2v) is 8.62. The molecule has 0 saturated heterocycles. The van der Waals surface area contributed by atoms with Crippen LogP contribution in [-0.4, -0.2) is 4.98 Å². The third kappa shape index (κ3) is 3.74. The van der Waals surface area contributed by atoms with Gasteiger partial charge in [-0.15, -0.1) is 11.3 Å². The van der Waals surface area contributed by atoms with Crippen LogP contribution in [0.15, 0.2) is 100 Å². The van der Waals surface area contributed by atoms with Crippen LogP contribution in [-0.2, 0) is 0 Å². The summed E-state index contributed by atoms with van der Waals surface area (Å²) in [6, 6.07) is 31.9. The molecular formula is C23H19NS2. The first-order valence-electron chi connectivity index (χ1n) is 8.61. The van der Waals surface area contributed by atoms with Crippen molar-refractivity contribution in [2.45, 2.75) is 21.9 Å². The molecule has 0 fully saturated rings. The van der Waals surface area contributed by atoms with Gasteiger partial charge in [0.1, 0.15) is 0 Å². The maximum atomic E-state index is 4.96. The monoisotopic (exact) mass is 373 g/mol. The Morgan fingerprint density at radius 3 is 1.77 bits per heavy atom. The Morgan fingerprint density at radius 1 is 0.731 bits per heavy atom. The molecule has 0 aliphatic heterocycles. The van der Waals surface area contributed by atoms with Crippen molar-refractivity contribution >= 4 is 23.1 Å². The Bertz CT molecular complexity index is 924. The molecule has 26 heavy (non-hydrogen) atoms. The van der Waals surface area contributed by atoms with Crippen LogP contribution in [0.25, 0.3) is 0 Å². The van der Waals surface area contributed by atoms with Gasteiger partial charge in [0.25, 0.3) is 0 Å². The number of thiazole rings is 1. The summed E-state index contributed by atoms with van der Waals surface area (Å²) in [5, 5.41) is 1.11. The smallest absolute Gasteiger partial charge is 0.0909 e. The van der Waals surface area contributed by atoms with Crippen molar-refractivity contribution < 1.29 is 0 Å². The molecule has 0 N–H and O–H groups in total. The van der Waals surface area contributed by atoms with Gasteiger partial charge in [0, 0.05) is 4.90 Å². The highest BCUT2D eigenvalue weighted by molar-refractivity contribution is 8.01. The Balaban J connectivity index is 1.82. The van der Waals surface area contributed by atoms with Crippen LogP contribution >= 0.6 is 23.1 Å². The van der Waals surface area contributed by atoms with E-state index in [9.17, 15) is 0 Å². The van der Waals surface area contributed by atoms with Crippen LogP contribution in [0.2, 0.25) is 0 Å². The zero-order chi connectivity index (χ0) is 17.8. The second-order valence-electron chi connectivity index (χ2n) is 6.08. The van der Waals surface area contributed by atoms with Gasteiger partial charge in [0.15, 0.2) is 0 Å². The van der Waals surface area contributed by atoms with Gasteiger partial charge in [-0.05, 0) is 30.2 Å². The van der Waals surface area contributed by atoms with E-state index in [1.54, 1.807) is 11.3 Å². The summed E-state index contributed by atoms with van der Waals surface area (Å²) < 4.78 is 1.27. The molecule has 0 amide bonds. The summed E-state index contributed by atoms with van der Waals surface area (Å²) in [6.45, 7) is 2.09. The normalized spacial score (nSPS) is 11.0. The van der Waals surface area contributed by atoms with Gasteiger partial charge in [-0.3, -0.25) is 0 Å². The van der Waals surface area contributed by atoms with Crippen molar-refractivity contribution in [3.05, 3.63) is 113 Å². The van der Waals surface area contributed by atoms with Gasteiger partial charge in [0.2, 0.25) is 0 Å². The molecule has 0 radical (unpaired) electrons. The van der Waals surface area contributed by atoms with Gasteiger partial charge >= 0.3 is 0 Å². The lowest BCUT2D eigenvalue weighted by Crippen LogP contribution is -2.05. The number of benzene rings is 3. The first-order valence-corrected chi connectivity index (χ1v) is 10.2. The van der Waals surface area contributed by atoms with Gasteiger partial charge in [-0.2, -0.15) is 0 Å². The van der Waals surface area contributed by atoms with E-state index in [2.05, 4.69) is 97.9 Å². The molecule has 3 aromatic carbocycles. The first-order chi connectivity index (χ1) is 12.8. The topological polar surface area (TPSA) is 12.9 Å². The molecule has 0 bridgehead atoms. The molecular weight excluding hydrogens is 354 g/mol. The Kier molecular flexibility index (Phi) is 5.19. The summed E-state index contributed by atoms with van der Waals surface area (Å²) in [4.78, 5) is 6.21. The zero-order valence-corrected chi connectivity index (χ0v) is 16.1. The van der Waals surface area contributed by atoms with E-state index in [4.69, 9.17) is 4.98 Å². The van der Waals surface area contributed by atoms with E-state index in [0.717, 1.165) is 10.7 Å². The van der Waals surface area contributed by atoms with E-state index in [1.807, 2.05) is 11.8 Å².